The van der Waals surface area contributed by atoms with Crippen LogP contribution >= 0.6 is 0 Å². The topological polar surface area (TPSA) is 42.8 Å². The number of nitrogens with one attached hydrogen (secondary N) is 1. The third-order valence-corrected chi connectivity index (χ3v) is 4.27. The minimum absolute atomic E-state index is 0.564. The first-order chi connectivity index (χ1) is 9.31. The number of aromatic nitrogens is 1. The largest absolute Gasteiger partial charge is 0.357 e. The van der Waals surface area contributed by atoms with E-state index in [4.69, 9.17) is 0 Å². The molecule has 0 bridgehead atoms. The maximum absolute atomic E-state index is 9.46. The first-order valence-corrected chi connectivity index (χ1v) is 7.05. The molecule has 2 aromatic rings. The van der Waals surface area contributed by atoms with Gasteiger partial charge in [0.1, 0.15) is 17.5 Å². The van der Waals surface area contributed by atoms with Crippen LogP contribution in [0.25, 0.3) is 10.9 Å². The summed E-state index contributed by atoms with van der Waals surface area (Å²) in [5, 5.41) is 10.5. The molecule has 1 aliphatic carbocycles. The predicted molar refractivity (Wildman–Crippen MR) is 78.3 cm³/mol. The van der Waals surface area contributed by atoms with Crippen LogP contribution in [0.1, 0.15) is 37.7 Å². The number of rotatable bonds is 2. The van der Waals surface area contributed by atoms with Crippen molar-refractivity contribution in [1.82, 2.24) is 4.98 Å². The zero-order valence-corrected chi connectivity index (χ0v) is 11.3. The van der Waals surface area contributed by atoms with Gasteiger partial charge in [0.05, 0.1) is 0 Å². The van der Waals surface area contributed by atoms with Crippen LogP contribution in [0, 0.1) is 11.3 Å². The number of fused-ring (bicyclic) bond motifs is 1. The second-order valence-electron chi connectivity index (χ2n) is 5.41. The average molecular weight is 253 g/mol. The lowest BCUT2D eigenvalue weighted by molar-refractivity contribution is 0.426. The molecule has 1 saturated carbocycles. The molecule has 0 spiro atoms. The van der Waals surface area contributed by atoms with Gasteiger partial charge in [0.2, 0.25) is 0 Å². The molecule has 1 aliphatic rings. The van der Waals surface area contributed by atoms with Gasteiger partial charge in [-0.2, -0.15) is 5.26 Å². The monoisotopic (exact) mass is 253 g/mol. The summed E-state index contributed by atoms with van der Waals surface area (Å²) in [5.74, 6) is 0.982. The highest BCUT2D eigenvalue weighted by Crippen LogP contribution is 2.31. The van der Waals surface area contributed by atoms with Crippen LogP contribution in [0.15, 0.2) is 24.3 Å². The number of aromatic amines is 1. The average Bonchev–Trinajstić information content (AvgIpc) is 2.85. The van der Waals surface area contributed by atoms with E-state index in [1.165, 1.54) is 32.1 Å². The van der Waals surface area contributed by atoms with Crippen molar-refractivity contribution in [3.63, 3.8) is 0 Å². The zero-order valence-electron chi connectivity index (χ0n) is 11.3. The molecule has 1 aromatic carbocycles. The van der Waals surface area contributed by atoms with Gasteiger partial charge in [-0.05, 0) is 18.9 Å². The van der Waals surface area contributed by atoms with Gasteiger partial charge in [0.15, 0.2) is 0 Å². The highest BCUT2D eigenvalue weighted by atomic mass is 15.2. The van der Waals surface area contributed by atoms with Crippen LogP contribution in [-0.2, 0) is 0 Å². The molecule has 19 heavy (non-hydrogen) atoms. The van der Waals surface area contributed by atoms with Crippen LogP contribution in [0.5, 0.6) is 0 Å². The van der Waals surface area contributed by atoms with Crippen LogP contribution < -0.4 is 4.90 Å². The minimum Gasteiger partial charge on any atom is -0.357 e. The molecule has 0 atom stereocenters. The highest BCUT2D eigenvalue weighted by Gasteiger charge is 2.22. The van der Waals surface area contributed by atoms with Crippen molar-refractivity contribution in [2.24, 2.45) is 0 Å². The van der Waals surface area contributed by atoms with Crippen LogP contribution in [-0.4, -0.2) is 18.1 Å². The second-order valence-corrected chi connectivity index (χ2v) is 5.41. The number of H-pyrrole nitrogens is 1. The van der Waals surface area contributed by atoms with Gasteiger partial charge >= 0.3 is 0 Å². The Bertz CT molecular complexity index is 614. The van der Waals surface area contributed by atoms with Gasteiger partial charge in [-0.1, -0.05) is 37.5 Å². The summed E-state index contributed by atoms with van der Waals surface area (Å²) in [7, 11) is 2.11. The lowest BCUT2D eigenvalue weighted by Crippen LogP contribution is -2.33. The maximum Gasteiger partial charge on any atom is 0.125 e. The molecule has 0 radical (unpaired) electrons. The first kappa shape index (κ1) is 12.1. The smallest absolute Gasteiger partial charge is 0.125 e. The molecular formula is C16H19N3. The molecule has 3 heteroatoms. The molecule has 1 heterocycles. The summed E-state index contributed by atoms with van der Waals surface area (Å²) in [5.41, 5.74) is 1.83. The fourth-order valence-electron chi connectivity index (χ4n) is 3.16. The van der Waals surface area contributed by atoms with Gasteiger partial charge in [0, 0.05) is 24.0 Å². The third kappa shape index (κ3) is 2.08. The Kier molecular flexibility index (Phi) is 3.16. The number of nitrogens with zero attached hydrogens (tertiary/aromatic N) is 2. The number of hydrogen-bond donors (Lipinski definition) is 1. The summed E-state index contributed by atoms with van der Waals surface area (Å²) in [6.45, 7) is 0. The molecule has 1 N–H and O–H groups in total. The lowest BCUT2D eigenvalue weighted by atomic mass is 9.94. The fraction of sp³-hybridized carbons (Fsp3) is 0.438. The quantitative estimate of drug-likeness (QED) is 0.884. The van der Waals surface area contributed by atoms with Crippen LogP contribution in [0.4, 0.5) is 5.82 Å². The summed E-state index contributed by atoms with van der Waals surface area (Å²) >= 11 is 0. The van der Waals surface area contributed by atoms with Crippen molar-refractivity contribution in [3.8, 4) is 6.07 Å². The highest BCUT2D eigenvalue weighted by molar-refractivity contribution is 5.91. The van der Waals surface area contributed by atoms with Gasteiger partial charge < -0.3 is 9.88 Å². The molecule has 1 fully saturated rings. The van der Waals surface area contributed by atoms with Crippen molar-refractivity contribution in [1.29, 1.82) is 5.26 Å². The van der Waals surface area contributed by atoms with Gasteiger partial charge in [0.25, 0.3) is 0 Å². The Morgan fingerprint density at radius 3 is 2.68 bits per heavy atom. The van der Waals surface area contributed by atoms with E-state index in [-0.39, 0.29) is 0 Å². The van der Waals surface area contributed by atoms with E-state index >= 15 is 0 Å². The fourth-order valence-corrected chi connectivity index (χ4v) is 3.16. The van der Waals surface area contributed by atoms with Gasteiger partial charge in [-0.15, -0.1) is 0 Å². The number of hydrogen-bond acceptors (Lipinski definition) is 2. The van der Waals surface area contributed by atoms with E-state index in [2.05, 4.69) is 23.0 Å². The number of para-hydroxylation sites is 1. The lowest BCUT2D eigenvalue weighted by Gasteiger charge is -2.32. The summed E-state index contributed by atoms with van der Waals surface area (Å²) < 4.78 is 0. The SMILES string of the molecule is CN(c1[nH]c2ccccc2c1C#N)C1CCCCC1. The predicted octanol–water partition coefficient (Wildman–Crippen LogP) is 3.81. The van der Waals surface area contributed by atoms with Crippen molar-refractivity contribution in [2.75, 3.05) is 11.9 Å². The Hall–Kier alpha value is -1.95. The molecule has 0 amide bonds. The number of benzene rings is 1. The van der Waals surface area contributed by atoms with Crippen molar-refractivity contribution < 1.29 is 0 Å². The molecule has 98 valence electrons. The van der Waals surface area contributed by atoms with Crippen molar-refractivity contribution in [3.05, 3.63) is 29.8 Å². The standard InChI is InChI=1S/C16H19N3/c1-19(12-7-3-2-4-8-12)16-14(11-17)13-9-5-6-10-15(13)18-16/h5-6,9-10,12,18H,2-4,7-8H2,1H3. The Morgan fingerprint density at radius 1 is 1.21 bits per heavy atom. The van der Waals surface area contributed by atoms with Gasteiger partial charge in [-0.25, -0.2) is 0 Å². The molecule has 3 nitrogen and oxygen atoms in total. The summed E-state index contributed by atoms with van der Waals surface area (Å²) in [4.78, 5) is 5.69. The molecule has 0 aliphatic heterocycles. The Labute approximate surface area is 113 Å². The van der Waals surface area contributed by atoms with E-state index in [1.807, 2.05) is 24.3 Å². The Balaban J connectivity index is 2.01. The van der Waals surface area contributed by atoms with E-state index in [9.17, 15) is 5.26 Å². The number of anilines is 1. The van der Waals surface area contributed by atoms with E-state index < -0.39 is 0 Å². The second kappa shape index (κ2) is 4.97. The van der Waals surface area contributed by atoms with Crippen LogP contribution in [0.2, 0.25) is 0 Å². The third-order valence-electron chi connectivity index (χ3n) is 4.27. The summed E-state index contributed by atoms with van der Waals surface area (Å²) in [6, 6.07) is 11.0. The van der Waals surface area contributed by atoms with Gasteiger partial charge in [-0.3, -0.25) is 0 Å². The van der Waals surface area contributed by atoms with Crippen LogP contribution in [0.3, 0.4) is 0 Å². The normalized spacial score (nSPS) is 16.4. The maximum atomic E-state index is 9.46. The molecule has 0 saturated heterocycles. The van der Waals surface area contributed by atoms with Crippen molar-refractivity contribution in [2.45, 2.75) is 38.1 Å². The molecular weight excluding hydrogens is 234 g/mol. The van der Waals surface area contributed by atoms with E-state index in [0.717, 1.165) is 22.3 Å². The molecule has 1 aromatic heterocycles. The Morgan fingerprint density at radius 2 is 1.95 bits per heavy atom. The first-order valence-electron chi connectivity index (χ1n) is 7.05. The van der Waals surface area contributed by atoms with E-state index in [1.54, 1.807) is 0 Å². The molecule has 3 rings (SSSR count). The minimum atomic E-state index is 0.564. The number of nitriles is 1. The van der Waals surface area contributed by atoms with E-state index in [0.29, 0.717) is 6.04 Å². The van der Waals surface area contributed by atoms with Crippen molar-refractivity contribution >= 4 is 16.7 Å². The molecule has 0 unspecified atom stereocenters. The summed E-state index contributed by atoms with van der Waals surface area (Å²) in [6.07, 6.45) is 6.42. The zero-order chi connectivity index (χ0) is 13.2.